The van der Waals surface area contributed by atoms with E-state index in [1.165, 1.54) is 0 Å². The highest BCUT2D eigenvalue weighted by Gasteiger charge is 2.41. The van der Waals surface area contributed by atoms with Crippen molar-refractivity contribution in [2.24, 2.45) is 0 Å². The number of nitrogens with zero attached hydrogens (tertiary/aromatic N) is 5. The van der Waals surface area contributed by atoms with E-state index >= 15 is 0 Å². The molecule has 144 valence electrons. The van der Waals surface area contributed by atoms with E-state index in [-0.39, 0.29) is 17.6 Å². The number of aromatic nitrogens is 4. The number of carbonyl (C=O) groups excluding carboxylic acids is 1. The van der Waals surface area contributed by atoms with Crippen LogP contribution in [-0.2, 0) is 9.47 Å². The molecular formula is C18H24N6O3. The van der Waals surface area contributed by atoms with Gasteiger partial charge in [-0.25, -0.2) is 14.8 Å². The first-order valence-corrected chi connectivity index (χ1v) is 9.21. The molecule has 0 aromatic carbocycles. The summed E-state index contributed by atoms with van der Waals surface area (Å²) in [6.45, 7) is 6.88. The molecule has 9 heteroatoms. The Labute approximate surface area is 157 Å². The highest BCUT2D eigenvalue weighted by molar-refractivity contribution is 5.89. The largest absolute Gasteiger partial charge is 0.378 e. The minimum absolute atomic E-state index is 0.183. The highest BCUT2D eigenvalue weighted by atomic mass is 16.6. The summed E-state index contributed by atoms with van der Waals surface area (Å²) in [6, 6.07) is 3.43. The first-order valence-electron chi connectivity index (χ1n) is 9.21. The number of ether oxygens (including phenoxy) is 2. The monoisotopic (exact) mass is 372 g/mol. The lowest BCUT2D eigenvalue weighted by molar-refractivity contribution is -0.0964. The summed E-state index contributed by atoms with van der Waals surface area (Å²) >= 11 is 0. The van der Waals surface area contributed by atoms with Gasteiger partial charge in [-0.3, -0.25) is 5.32 Å². The van der Waals surface area contributed by atoms with Crippen molar-refractivity contribution in [2.45, 2.75) is 31.8 Å². The summed E-state index contributed by atoms with van der Waals surface area (Å²) in [5.41, 5.74) is 0.488. The zero-order valence-corrected chi connectivity index (χ0v) is 15.6. The Balaban J connectivity index is 1.55. The van der Waals surface area contributed by atoms with E-state index in [4.69, 9.17) is 9.47 Å². The number of rotatable bonds is 3. The number of urea groups is 1. The van der Waals surface area contributed by atoms with Crippen molar-refractivity contribution in [1.29, 1.82) is 0 Å². The molecule has 0 radical (unpaired) electrons. The molecule has 2 amide bonds. The van der Waals surface area contributed by atoms with E-state index in [9.17, 15) is 4.79 Å². The molecule has 27 heavy (non-hydrogen) atoms. The number of hydrogen-bond acceptors (Lipinski definition) is 6. The van der Waals surface area contributed by atoms with Crippen LogP contribution in [0.3, 0.4) is 0 Å². The normalized spacial score (nSPS) is 22.6. The van der Waals surface area contributed by atoms with Crippen LogP contribution in [0.1, 0.15) is 31.9 Å². The SMILES string of the molecule is CC(C)c1cc(NC(=O)N2CCOC3(CCOC3)C2)n(-c2ncccn2)n1. The number of anilines is 1. The number of carbonyl (C=O) groups is 1. The molecule has 1 spiro atoms. The van der Waals surface area contributed by atoms with E-state index < -0.39 is 0 Å². The van der Waals surface area contributed by atoms with E-state index in [0.717, 1.165) is 12.1 Å². The topological polar surface area (TPSA) is 94.4 Å². The Morgan fingerprint density at radius 2 is 2.11 bits per heavy atom. The summed E-state index contributed by atoms with van der Waals surface area (Å²) in [5, 5.41) is 7.53. The van der Waals surface area contributed by atoms with Crippen molar-refractivity contribution in [3.8, 4) is 5.95 Å². The first kappa shape index (κ1) is 17.9. The maximum absolute atomic E-state index is 12.9. The van der Waals surface area contributed by atoms with Crippen LogP contribution in [-0.4, -0.2) is 69.2 Å². The molecular weight excluding hydrogens is 348 g/mol. The fourth-order valence-corrected chi connectivity index (χ4v) is 3.36. The van der Waals surface area contributed by atoms with Crippen LogP contribution in [0.25, 0.3) is 5.95 Å². The molecule has 0 saturated carbocycles. The highest BCUT2D eigenvalue weighted by Crippen LogP contribution is 2.28. The van der Waals surface area contributed by atoms with E-state index in [2.05, 4.69) is 34.2 Å². The van der Waals surface area contributed by atoms with Crippen LogP contribution < -0.4 is 5.32 Å². The number of hydrogen-bond donors (Lipinski definition) is 1. The number of amides is 2. The fraction of sp³-hybridized carbons (Fsp3) is 0.556. The summed E-state index contributed by atoms with van der Waals surface area (Å²) < 4.78 is 12.9. The fourth-order valence-electron chi connectivity index (χ4n) is 3.36. The average molecular weight is 372 g/mol. The Hall–Kier alpha value is -2.52. The van der Waals surface area contributed by atoms with Gasteiger partial charge in [0.25, 0.3) is 5.95 Å². The molecule has 2 aliphatic heterocycles. The lowest BCUT2D eigenvalue weighted by Crippen LogP contribution is -2.55. The molecule has 1 atom stereocenters. The smallest absolute Gasteiger partial charge is 0.323 e. The molecule has 4 rings (SSSR count). The van der Waals surface area contributed by atoms with Crippen molar-refractivity contribution in [3.05, 3.63) is 30.2 Å². The summed E-state index contributed by atoms with van der Waals surface area (Å²) in [6.07, 6.45) is 4.11. The minimum Gasteiger partial charge on any atom is -0.378 e. The summed E-state index contributed by atoms with van der Waals surface area (Å²) in [7, 11) is 0. The van der Waals surface area contributed by atoms with Crippen molar-refractivity contribution < 1.29 is 14.3 Å². The Kier molecular flexibility index (Phi) is 4.79. The van der Waals surface area contributed by atoms with Gasteiger partial charge in [-0.05, 0) is 12.0 Å². The zero-order chi connectivity index (χ0) is 18.9. The molecule has 4 heterocycles. The van der Waals surface area contributed by atoms with Crippen LogP contribution in [0.5, 0.6) is 0 Å². The molecule has 9 nitrogen and oxygen atoms in total. The van der Waals surface area contributed by atoms with Gasteiger partial charge in [0.15, 0.2) is 0 Å². The molecule has 1 N–H and O–H groups in total. The van der Waals surface area contributed by atoms with Crippen molar-refractivity contribution in [3.63, 3.8) is 0 Å². The molecule has 2 saturated heterocycles. The number of nitrogens with one attached hydrogen (secondary N) is 1. The molecule has 2 fully saturated rings. The molecule has 2 aromatic rings. The number of morpholine rings is 1. The molecule has 0 bridgehead atoms. The van der Waals surface area contributed by atoms with Crippen LogP contribution in [0, 0.1) is 0 Å². The predicted octanol–water partition coefficient (Wildman–Crippen LogP) is 1.81. The third-order valence-corrected chi connectivity index (χ3v) is 4.90. The third-order valence-electron chi connectivity index (χ3n) is 4.90. The Bertz CT molecular complexity index is 801. The van der Waals surface area contributed by atoms with Gasteiger partial charge in [-0.15, -0.1) is 0 Å². The second-order valence-electron chi connectivity index (χ2n) is 7.26. The van der Waals surface area contributed by atoms with Gasteiger partial charge in [0.05, 0.1) is 25.5 Å². The van der Waals surface area contributed by atoms with Gasteiger partial charge in [0, 0.05) is 38.0 Å². The van der Waals surface area contributed by atoms with Gasteiger partial charge < -0.3 is 14.4 Å². The average Bonchev–Trinajstić information content (AvgIpc) is 3.30. The Morgan fingerprint density at radius 1 is 1.30 bits per heavy atom. The van der Waals surface area contributed by atoms with Crippen LogP contribution in [0.4, 0.5) is 10.6 Å². The van der Waals surface area contributed by atoms with Crippen molar-refractivity contribution >= 4 is 11.8 Å². The first-order chi connectivity index (χ1) is 13.1. The van der Waals surface area contributed by atoms with Crippen LogP contribution >= 0.6 is 0 Å². The van der Waals surface area contributed by atoms with Gasteiger partial charge in [0.2, 0.25) is 0 Å². The zero-order valence-electron chi connectivity index (χ0n) is 15.6. The van der Waals surface area contributed by atoms with E-state index in [1.807, 2.05) is 6.07 Å². The van der Waals surface area contributed by atoms with Crippen LogP contribution in [0.2, 0.25) is 0 Å². The predicted molar refractivity (Wildman–Crippen MR) is 98.0 cm³/mol. The maximum atomic E-state index is 12.9. The molecule has 2 aliphatic rings. The molecule has 2 aromatic heterocycles. The van der Waals surface area contributed by atoms with E-state index in [0.29, 0.717) is 44.7 Å². The molecule has 1 unspecified atom stereocenters. The summed E-state index contributed by atoms with van der Waals surface area (Å²) in [5.74, 6) is 1.19. The molecule has 0 aliphatic carbocycles. The second kappa shape index (κ2) is 7.24. The van der Waals surface area contributed by atoms with Gasteiger partial charge in [-0.2, -0.15) is 9.78 Å². The van der Waals surface area contributed by atoms with E-state index in [1.54, 1.807) is 28.0 Å². The standard InChI is InChI=1S/C18H24N6O3/c1-13(2)14-10-15(24(22-14)16-19-5-3-6-20-16)21-17(25)23-7-9-27-18(11-23)4-8-26-12-18/h3,5-6,10,13H,4,7-9,11-12H2,1-2H3,(H,21,25). The van der Waals surface area contributed by atoms with Crippen molar-refractivity contribution in [2.75, 3.05) is 38.2 Å². The van der Waals surface area contributed by atoms with Gasteiger partial charge in [-0.1, -0.05) is 13.8 Å². The van der Waals surface area contributed by atoms with Gasteiger partial charge in [0.1, 0.15) is 11.4 Å². The van der Waals surface area contributed by atoms with Gasteiger partial charge >= 0.3 is 6.03 Å². The summed E-state index contributed by atoms with van der Waals surface area (Å²) in [4.78, 5) is 23.2. The maximum Gasteiger partial charge on any atom is 0.323 e. The Morgan fingerprint density at radius 3 is 2.81 bits per heavy atom. The quantitative estimate of drug-likeness (QED) is 0.883. The van der Waals surface area contributed by atoms with Crippen molar-refractivity contribution in [1.82, 2.24) is 24.6 Å². The second-order valence-corrected chi connectivity index (χ2v) is 7.26. The lowest BCUT2D eigenvalue weighted by atomic mass is 10.0. The minimum atomic E-state index is -0.374. The van der Waals surface area contributed by atoms with Crippen LogP contribution in [0.15, 0.2) is 24.5 Å². The third kappa shape index (κ3) is 3.65. The lowest BCUT2D eigenvalue weighted by Gasteiger charge is -2.39.